The minimum absolute atomic E-state index is 0.0294. The Morgan fingerprint density at radius 3 is 3.06 bits per heavy atom. The van der Waals surface area contributed by atoms with Crippen molar-refractivity contribution >= 4 is 28.5 Å². The van der Waals surface area contributed by atoms with Gasteiger partial charge in [0.2, 0.25) is 0 Å². The van der Waals surface area contributed by atoms with Crippen molar-refractivity contribution in [2.45, 2.75) is 6.04 Å². The number of hydrogen-bond donors (Lipinski definition) is 1. The van der Waals surface area contributed by atoms with Crippen LogP contribution in [0, 0.1) is 0 Å². The van der Waals surface area contributed by atoms with Gasteiger partial charge in [0.25, 0.3) is 0 Å². The topological polar surface area (TPSA) is 52.0 Å². The fraction of sp³-hybridized carbons (Fsp3) is 0.455. The van der Waals surface area contributed by atoms with Crippen LogP contribution in [0.15, 0.2) is 18.6 Å². The van der Waals surface area contributed by atoms with E-state index in [2.05, 4.69) is 15.3 Å². The summed E-state index contributed by atoms with van der Waals surface area (Å²) in [5, 5.41) is 3.24. The number of rotatable bonds is 5. The Bertz CT molecular complexity index is 499. The first-order valence-electron chi connectivity index (χ1n) is 5.33. The average Bonchev–Trinajstić information content (AvgIpc) is 2.72. The molecular formula is C11H15ClN4O. The summed E-state index contributed by atoms with van der Waals surface area (Å²) in [7, 11) is 3.60. The Kier molecular flexibility index (Phi) is 3.81. The number of alkyl halides is 1. The summed E-state index contributed by atoms with van der Waals surface area (Å²) >= 11 is 5.86. The average molecular weight is 255 g/mol. The Morgan fingerprint density at radius 2 is 2.35 bits per heavy atom. The Labute approximate surface area is 105 Å². The van der Waals surface area contributed by atoms with Crippen molar-refractivity contribution < 1.29 is 4.74 Å². The zero-order valence-electron chi connectivity index (χ0n) is 9.85. The highest BCUT2D eigenvalue weighted by atomic mass is 35.5. The summed E-state index contributed by atoms with van der Waals surface area (Å²) in [5.74, 6) is 1.20. The van der Waals surface area contributed by atoms with Gasteiger partial charge in [-0.1, -0.05) is 0 Å². The van der Waals surface area contributed by atoms with Gasteiger partial charge in [0.1, 0.15) is 5.52 Å². The van der Waals surface area contributed by atoms with Gasteiger partial charge in [0.05, 0.1) is 24.5 Å². The third-order valence-corrected chi connectivity index (χ3v) is 2.91. The maximum absolute atomic E-state index is 5.86. The molecule has 2 aromatic heterocycles. The van der Waals surface area contributed by atoms with E-state index in [4.69, 9.17) is 16.3 Å². The molecule has 0 bridgehead atoms. The SMILES string of the molecule is COCC(CCl)Nc1nccc2c1ncn2C. The van der Waals surface area contributed by atoms with Crippen LogP contribution < -0.4 is 5.32 Å². The lowest BCUT2D eigenvalue weighted by Gasteiger charge is -2.15. The largest absolute Gasteiger partial charge is 0.383 e. The highest BCUT2D eigenvalue weighted by Crippen LogP contribution is 2.19. The molecule has 1 N–H and O–H groups in total. The predicted molar refractivity (Wildman–Crippen MR) is 68.5 cm³/mol. The summed E-state index contributed by atoms with van der Waals surface area (Å²) in [6.07, 6.45) is 3.52. The number of imidazole rings is 1. The number of aryl methyl sites for hydroxylation is 1. The summed E-state index contributed by atoms with van der Waals surface area (Å²) in [5.41, 5.74) is 1.88. The second-order valence-corrected chi connectivity index (χ2v) is 4.14. The number of nitrogens with one attached hydrogen (secondary N) is 1. The molecule has 1 atom stereocenters. The van der Waals surface area contributed by atoms with E-state index in [9.17, 15) is 0 Å². The molecule has 1 unspecified atom stereocenters. The standard InChI is InChI=1S/C11H15ClN4O/c1-16-7-14-10-9(16)3-4-13-11(10)15-8(5-12)6-17-2/h3-4,7-8H,5-6H2,1-2H3,(H,13,15). The van der Waals surface area contributed by atoms with Gasteiger partial charge >= 0.3 is 0 Å². The number of ether oxygens (including phenoxy) is 1. The molecule has 0 saturated heterocycles. The molecule has 2 heterocycles. The molecule has 0 aliphatic carbocycles. The van der Waals surface area contributed by atoms with Crippen LogP contribution in [0.4, 0.5) is 5.82 Å². The number of fused-ring (bicyclic) bond motifs is 1. The normalized spacial score (nSPS) is 12.9. The van der Waals surface area contributed by atoms with E-state index >= 15 is 0 Å². The molecule has 92 valence electrons. The van der Waals surface area contributed by atoms with Gasteiger partial charge in [0, 0.05) is 26.2 Å². The highest BCUT2D eigenvalue weighted by Gasteiger charge is 2.11. The Balaban J connectivity index is 2.29. The van der Waals surface area contributed by atoms with Crippen LogP contribution in [-0.4, -0.2) is 40.2 Å². The summed E-state index contributed by atoms with van der Waals surface area (Å²) < 4.78 is 7.04. The van der Waals surface area contributed by atoms with E-state index < -0.39 is 0 Å². The number of pyridine rings is 1. The second-order valence-electron chi connectivity index (χ2n) is 3.83. The smallest absolute Gasteiger partial charge is 0.154 e. The lowest BCUT2D eigenvalue weighted by Crippen LogP contribution is -2.27. The molecule has 0 aromatic carbocycles. The summed E-state index contributed by atoms with van der Waals surface area (Å²) in [4.78, 5) is 8.61. The first-order chi connectivity index (χ1) is 8.26. The van der Waals surface area contributed by atoms with Crippen molar-refractivity contribution in [1.82, 2.24) is 14.5 Å². The number of halogens is 1. The fourth-order valence-electron chi connectivity index (χ4n) is 1.69. The molecule has 6 heteroatoms. The van der Waals surface area contributed by atoms with E-state index in [1.807, 2.05) is 17.7 Å². The van der Waals surface area contributed by atoms with E-state index in [1.165, 1.54) is 0 Å². The van der Waals surface area contributed by atoms with Crippen molar-refractivity contribution in [3.05, 3.63) is 18.6 Å². The number of methoxy groups -OCH3 is 1. The van der Waals surface area contributed by atoms with E-state index in [0.717, 1.165) is 16.9 Å². The molecule has 0 saturated carbocycles. The quantitative estimate of drug-likeness (QED) is 0.824. The predicted octanol–water partition coefficient (Wildman–Crippen LogP) is 1.63. The van der Waals surface area contributed by atoms with E-state index in [0.29, 0.717) is 12.5 Å². The van der Waals surface area contributed by atoms with Gasteiger partial charge in [-0.05, 0) is 6.07 Å². The zero-order chi connectivity index (χ0) is 12.3. The maximum atomic E-state index is 5.86. The molecule has 17 heavy (non-hydrogen) atoms. The molecule has 0 aliphatic rings. The summed E-state index contributed by atoms with van der Waals surface area (Å²) in [6, 6.07) is 1.96. The third-order valence-electron chi connectivity index (χ3n) is 2.54. The Hall–Kier alpha value is -1.33. The molecule has 2 rings (SSSR count). The van der Waals surface area contributed by atoms with E-state index in [1.54, 1.807) is 19.6 Å². The van der Waals surface area contributed by atoms with Gasteiger partial charge in [-0.2, -0.15) is 0 Å². The lowest BCUT2D eigenvalue weighted by molar-refractivity contribution is 0.191. The van der Waals surface area contributed by atoms with Gasteiger partial charge in [0.15, 0.2) is 5.82 Å². The van der Waals surface area contributed by atoms with Crippen LogP contribution in [0.1, 0.15) is 0 Å². The van der Waals surface area contributed by atoms with Crippen LogP contribution in [-0.2, 0) is 11.8 Å². The van der Waals surface area contributed by atoms with Crippen molar-refractivity contribution in [2.24, 2.45) is 7.05 Å². The molecule has 2 aromatic rings. The maximum Gasteiger partial charge on any atom is 0.154 e. The molecule has 5 nitrogen and oxygen atoms in total. The minimum Gasteiger partial charge on any atom is -0.383 e. The van der Waals surface area contributed by atoms with E-state index in [-0.39, 0.29) is 6.04 Å². The first-order valence-corrected chi connectivity index (χ1v) is 5.87. The van der Waals surface area contributed by atoms with Gasteiger partial charge in [-0.3, -0.25) is 0 Å². The van der Waals surface area contributed by atoms with Crippen molar-refractivity contribution in [2.75, 3.05) is 24.9 Å². The van der Waals surface area contributed by atoms with Crippen molar-refractivity contribution in [3.8, 4) is 0 Å². The van der Waals surface area contributed by atoms with Gasteiger partial charge < -0.3 is 14.6 Å². The number of nitrogens with zero attached hydrogens (tertiary/aromatic N) is 3. The van der Waals surface area contributed by atoms with Crippen LogP contribution in [0.5, 0.6) is 0 Å². The second kappa shape index (κ2) is 5.33. The van der Waals surface area contributed by atoms with Crippen LogP contribution in [0.3, 0.4) is 0 Å². The van der Waals surface area contributed by atoms with Crippen LogP contribution >= 0.6 is 11.6 Å². The third kappa shape index (κ3) is 2.50. The monoisotopic (exact) mass is 254 g/mol. The summed E-state index contributed by atoms with van der Waals surface area (Å²) in [6.45, 7) is 0.536. The molecular weight excluding hydrogens is 240 g/mol. The molecule has 0 radical (unpaired) electrons. The van der Waals surface area contributed by atoms with Crippen LogP contribution in [0.25, 0.3) is 11.0 Å². The number of hydrogen-bond acceptors (Lipinski definition) is 4. The minimum atomic E-state index is 0.0294. The lowest BCUT2D eigenvalue weighted by atomic mass is 10.3. The number of anilines is 1. The molecule has 0 spiro atoms. The molecule has 0 aliphatic heterocycles. The fourth-order valence-corrected chi connectivity index (χ4v) is 1.85. The molecule has 0 fully saturated rings. The Morgan fingerprint density at radius 1 is 1.53 bits per heavy atom. The van der Waals surface area contributed by atoms with Crippen LogP contribution in [0.2, 0.25) is 0 Å². The number of aromatic nitrogens is 3. The van der Waals surface area contributed by atoms with Crippen molar-refractivity contribution in [3.63, 3.8) is 0 Å². The highest BCUT2D eigenvalue weighted by molar-refractivity contribution is 6.18. The van der Waals surface area contributed by atoms with Crippen molar-refractivity contribution in [1.29, 1.82) is 0 Å². The van der Waals surface area contributed by atoms with Gasteiger partial charge in [-0.15, -0.1) is 11.6 Å². The zero-order valence-corrected chi connectivity index (χ0v) is 10.6. The molecule has 0 amide bonds. The first kappa shape index (κ1) is 12.1. The van der Waals surface area contributed by atoms with Gasteiger partial charge in [-0.25, -0.2) is 9.97 Å².